The van der Waals surface area contributed by atoms with Gasteiger partial charge in [0.15, 0.2) is 0 Å². The molecule has 0 radical (unpaired) electrons. The maximum atomic E-state index is 12.3. The van der Waals surface area contributed by atoms with Crippen molar-refractivity contribution in [1.29, 1.82) is 0 Å². The van der Waals surface area contributed by atoms with Gasteiger partial charge in [-0.05, 0) is 47.9 Å². The monoisotopic (exact) mass is 438 g/mol. The minimum atomic E-state index is -0.818. The third-order valence-corrected chi connectivity index (χ3v) is 5.86. The van der Waals surface area contributed by atoms with Gasteiger partial charge in [0.2, 0.25) is 5.91 Å². The van der Waals surface area contributed by atoms with Crippen LogP contribution in [0.2, 0.25) is 0 Å². The third-order valence-electron chi connectivity index (χ3n) is 5.86. The summed E-state index contributed by atoms with van der Waals surface area (Å²) in [4.78, 5) is 35.2. The molecule has 0 saturated heterocycles. The van der Waals surface area contributed by atoms with Gasteiger partial charge in [-0.15, -0.1) is 0 Å². The van der Waals surface area contributed by atoms with Crippen LogP contribution in [-0.2, 0) is 14.3 Å². The molecule has 2 atom stereocenters. The Morgan fingerprint density at radius 3 is 2.16 bits per heavy atom. The molecule has 0 heterocycles. The first kappa shape index (κ1) is 23.3. The summed E-state index contributed by atoms with van der Waals surface area (Å²) in [5.74, 6) is -0.966. The topological polar surface area (TPSA) is 105 Å². The molecule has 0 fully saturated rings. The second kappa shape index (κ2) is 10.8. The first-order valence-corrected chi connectivity index (χ1v) is 11.0. The number of carboxylic acid groups (broad SMARTS) is 1. The maximum absolute atomic E-state index is 12.3. The smallest absolute Gasteiger partial charge is 0.407 e. The molecule has 1 aliphatic carbocycles. The van der Waals surface area contributed by atoms with Crippen LogP contribution in [-0.4, -0.2) is 42.3 Å². The van der Waals surface area contributed by atoms with Gasteiger partial charge in [-0.3, -0.25) is 9.59 Å². The highest BCUT2D eigenvalue weighted by atomic mass is 16.5. The number of alkyl carbamates (subject to hydrolysis) is 1. The molecule has 7 nitrogen and oxygen atoms in total. The normalized spacial score (nSPS) is 14.1. The van der Waals surface area contributed by atoms with E-state index in [1.54, 1.807) is 6.92 Å². The second-order valence-electron chi connectivity index (χ2n) is 8.31. The Bertz CT molecular complexity index is 929. The lowest BCUT2D eigenvalue weighted by Crippen LogP contribution is -2.45. The number of ether oxygens (including phenoxy) is 1. The van der Waals surface area contributed by atoms with E-state index >= 15 is 0 Å². The van der Waals surface area contributed by atoms with Gasteiger partial charge < -0.3 is 20.5 Å². The molecule has 2 aromatic carbocycles. The summed E-state index contributed by atoms with van der Waals surface area (Å²) in [5, 5.41) is 14.1. The number of nitrogens with one attached hydrogen (secondary N) is 2. The van der Waals surface area contributed by atoms with E-state index in [-0.39, 0.29) is 30.8 Å². The Morgan fingerprint density at radius 1 is 0.969 bits per heavy atom. The van der Waals surface area contributed by atoms with Crippen LogP contribution in [0.4, 0.5) is 4.79 Å². The van der Waals surface area contributed by atoms with E-state index < -0.39 is 18.1 Å². The Balaban J connectivity index is 1.45. The van der Waals surface area contributed by atoms with Crippen molar-refractivity contribution in [2.75, 3.05) is 13.2 Å². The summed E-state index contributed by atoms with van der Waals surface area (Å²) >= 11 is 0. The number of aliphatic carboxylic acids is 1. The minimum absolute atomic E-state index is 0.0374. The maximum Gasteiger partial charge on any atom is 0.407 e. The first-order chi connectivity index (χ1) is 15.4. The van der Waals surface area contributed by atoms with Crippen molar-refractivity contribution in [3.63, 3.8) is 0 Å². The molecule has 0 aromatic heterocycles. The van der Waals surface area contributed by atoms with Crippen molar-refractivity contribution >= 4 is 18.0 Å². The molecule has 32 heavy (non-hydrogen) atoms. The van der Waals surface area contributed by atoms with Crippen LogP contribution in [0.15, 0.2) is 48.5 Å². The van der Waals surface area contributed by atoms with Crippen LogP contribution in [0.3, 0.4) is 0 Å². The zero-order valence-corrected chi connectivity index (χ0v) is 18.5. The summed E-state index contributed by atoms with van der Waals surface area (Å²) in [6.45, 7) is 4.17. The van der Waals surface area contributed by atoms with E-state index in [2.05, 4.69) is 34.9 Å². The average molecular weight is 439 g/mol. The van der Waals surface area contributed by atoms with Crippen molar-refractivity contribution < 1.29 is 24.2 Å². The average Bonchev–Trinajstić information content (AvgIpc) is 3.10. The molecule has 2 amide bonds. The molecule has 1 unspecified atom stereocenters. The number of hydrogen-bond donors (Lipinski definition) is 3. The number of carbonyl (C=O) groups excluding carboxylic acids is 2. The van der Waals surface area contributed by atoms with Gasteiger partial charge in [0.1, 0.15) is 12.6 Å². The number of amides is 2. The summed E-state index contributed by atoms with van der Waals surface area (Å²) < 4.78 is 5.47. The third kappa shape index (κ3) is 5.87. The summed E-state index contributed by atoms with van der Waals surface area (Å²) in [6, 6.07) is 15.5. The van der Waals surface area contributed by atoms with E-state index in [0.717, 1.165) is 22.3 Å². The fourth-order valence-electron chi connectivity index (χ4n) is 3.99. The zero-order chi connectivity index (χ0) is 23.1. The Morgan fingerprint density at radius 2 is 1.56 bits per heavy atom. The van der Waals surface area contributed by atoms with Gasteiger partial charge in [0.25, 0.3) is 0 Å². The van der Waals surface area contributed by atoms with Crippen molar-refractivity contribution in [2.24, 2.45) is 5.92 Å². The van der Waals surface area contributed by atoms with Crippen LogP contribution in [0, 0.1) is 5.92 Å². The van der Waals surface area contributed by atoms with Gasteiger partial charge in [-0.25, -0.2) is 4.79 Å². The fourth-order valence-corrected chi connectivity index (χ4v) is 3.99. The Labute approximate surface area is 188 Å². The standard InChI is InChI=1S/C25H30N2O5/c1-16(11-12-23(28)29)13-14-26-24(30)17(2)27-25(31)32-15-22-20-9-5-3-7-18(20)19-8-4-6-10-21(19)22/h3-10,16-17,22H,11-15H2,1-2H3,(H,26,30)(H,27,31)(H,28,29)/t16?,17-/m1/s1. The van der Waals surface area contributed by atoms with E-state index in [1.165, 1.54) is 0 Å². The Hall–Kier alpha value is -3.35. The Kier molecular flexibility index (Phi) is 7.87. The van der Waals surface area contributed by atoms with Gasteiger partial charge in [0.05, 0.1) is 0 Å². The van der Waals surface area contributed by atoms with E-state index in [1.807, 2.05) is 31.2 Å². The zero-order valence-electron chi connectivity index (χ0n) is 18.5. The number of rotatable bonds is 10. The SMILES string of the molecule is CC(CCNC(=O)[C@@H](C)NC(=O)OCC1c2ccccc2-c2ccccc21)CCC(=O)O. The molecule has 170 valence electrons. The van der Waals surface area contributed by atoms with Gasteiger partial charge in [-0.2, -0.15) is 0 Å². The lowest BCUT2D eigenvalue weighted by molar-refractivity contribution is -0.137. The summed E-state index contributed by atoms with van der Waals surface area (Å²) in [5.41, 5.74) is 4.57. The fraction of sp³-hybridized carbons (Fsp3) is 0.400. The molecule has 0 aliphatic heterocycles. The molecular weight excluding hydrogens is 408 g/mol. The molecule has 1 aliphatic rings. The summed E-state index contributed by atoms with van der Waals surface area (Å²) in [6.07, 6.45) is 0.731. The highest BCUT2D eigenvalue weighted by Gasteiger charge is 2.29. The van der Waals surface area contributed by atoms with Gasteiger partial charge >= 0.3 is 12.1 Å². The van der Waals surface area contributed by atoms with Crippen molar-refractivity contribution in [3.05, 3.63) is 59.7 Å². The number of carbonyl (C=O) groups is 3. The predicted molar refractivity (Wildman–Crippen MR) is 121 cm³/mol. The number of fused-ring (bicyclic) bond motifs is 3. The van der Waals surface area contributed by atoms with Crippen LogP contribution < -0.4 is 10.6 Å². The van der Waals surface area contributed by atoms with Gasteiger partial charge in [-0.1, -0.05) is 55.5 Å². The number of hydrogen-bond acceptors (Lipinski definition) is 4. The first-order valence-electron chi connectivity index (χ1n) is 11.0. The minimum Gasteiger partial charge on any atom is -0.481 e. The lowest BCUT2D eigenvalue weighted by Gasteiger charge is -2.17. The molecule has 0 bridgehead atoms. The molecule has 3 N–H and O–H groups in total. The molecule has 0 spiro atoms. The van der Waals surface area contributed by atoms with Crippen LogP contribution >= 0.6 is 0 Å². The highest BCUT2D eigenvalue weighted by Crippen LogP contribution is 2.44. The van der Waals surface area contributed by atoms with E-state index in [9.17, 15) is 14.4 Å². The van der Waals surface area contributed by atoms with Crippen LogP contribution in [0.5, 0.6) is 0 Å². The van der Waals surface area contributed by atoms with Crippen molar-refractivity contribution in [3.8, 4) is 11.1 Å². The van der Waals surface area contributed by atoms with Crippen LogP contribution in [0.1, 0.15) is 50.2 Å². The number of carboxylic acids is 1. The molecular formula is C25H30N2O5. The number of benzene rings is 2. The largest absolute Gasteiger partial charge is 0.481 e. The van der Waals surface area contributed by atoms with Gasteiger partial charge in [0, 0.05) is 18.9 Å². The second-order valence-corrected chi connectivity index (χ2v) is 8.31. The quantitative estimate of drug-likeness (QED) is 0.521. The molecule has 3 rings (SSSR count). The van der Waals surface area contributed by atoms with Crippen molar-refractivity contribution in [1.82, 2.24) is 10.6 Å². The van der Waals surface area contributed by atoms with E-state index in [0.29, 0.717) is 19.4 Å². The lowest BCUT2D eigenvalue weighted by atomic mass is 9.98. The molecule has 0 saturated carbocycles. The summed E-state index contributed by atoms with van der Waals surface area (Å²) in [7, 11) is 0. The van der Waals surface area contributed by atoms with E-state index in [4.69, 9.17) is 9.84 Å². The van der Waals surface area contributed by atoms with Crippen molar-refractivity contribution in [2.45, 2.75) is 45.1 Å². The van der Waals surface area contributed by atoms with Crippen LogP contribution in [0.25, 0.3) is 11.1 Å². The molecule has 7 heteroatoms. The molecule has 2 aromatic rings. The highest BCUT2D eigenvalue weighted by molar-refractivity contribution is 5.85. The predicted octanol–water partition coefficient (Wildman–Crippen LogP) is 3.92.